The van der Waals surface area contributed by atoms with Crippen LogP contribution in [-0.4, -0.2) is 30.4 Å². The highest BCUT2D eigenvalue weighted by Crippen LogP contribution is 2.25. The van der Waals surface area contributed by atoms with Crippen LogP contribution in [0.5, 0.6) is 5.75 Å². The van der Waals surface area contributed by atoms with Gasteiger partial charge in [0.1, 0.15) is 11.3 Å². The number of hydrogen-bond donors (Lipinski definition) is 0. The zero-order chi connectivity index (χ0) is 24.6. The fourth-order valence-electron chi connectivity index (χ4n) is 4.12. The van der Waals surface area contributed by atoms with E-state index in [0.29, 0.717) is 12.2 Å². The highest BCUT2D eigenvalue weighted by Gasteiger charge is 2.15. The first kappa shape index (κ1) is 22.9. The van der Waals surface area contributed by atoms with Crippen molar-refractivity contribution in [2.24, 2.45) is 0 Å². The van der Waals surface area contributed by atoms with E-state index in [4.69, 9.17) is 9.84 Å². The van der Waals surface area contributed by atoms with Crippen LogP contribution in [0.15, 0.2) is 71.8 Å². The highest BCUT2D eigenvalue weighted by atomic mass is 16.5. The Morgan fingerprint density at radius 2 is 1.69 bits per heavy atom. The molecule has 0 saturated heterocycles. The summed E-state index contributed by atoms with van der Waals surface area (Å²) in [5.41, 5.74) is 5.39. The Balaban J connectivity index is 1.44. The number of fused-ring (bicyclic) bond motifs is 3. The second-order valence-electron chi connectivity index (χ2n) is 9.96. The third-order valence-corrected chi connectivity index (χ3v) is 6.26. The number of hydrogen-bond acceptors (Lipinski definition) is 4. The van der Waals surface area contributed by atoms with Crippen molar-refractivity contribution in [2.45, 2.75) is 52.5 Å². The minimum atomic E-state index is -0.168. The number of ether oxygens (including phenoxy) is 1. The van der Waals surface area contributed by atoms with Gasteiger partial charge in [-0.25, -0.2) is 18.4 Å². The van der Waals surface area contributed by atoms with Crippen molar-refractivity contribution in [1.29, 1.82) is 0 Å². The summed E-state index contributed by atoms with van der Waals surface area (Å²) in [5.74, 6) is 0.856. The van der Waals surface area contributed by atoms with Crippen LogP contribution in [0.4, 0.5) is 0 Å². The third-order valence-electron chi connectivity index (χ3n) is 6.26. The standard InChI is InChI=1S/C28H31N5O2/c1-5-6-17-35-23-13-9-21(10-14-23)24-18-25-26-30-33(27(34)31(26)15-16-32(25)29-24)19-20-7-11-22(12-8-20)28(2,3)4/h7-16,18H,5-6,17,19H2,1-4H3. The van der Waals surface area contributed by atoms with Crippen molar-refractivity contribution < 1.29 is 4.74 Å². The van der Waals surface area contributed by atoms with Crippen LogP contribution in [0.2, 0.25) is 0 Å². The maximum absolute atomic E-state index is 13.0. The van der Waals surface area contributed by atoms with Gasteiger partial charge in [0, 0.05) is 18.0 Å². The molecule has 35 heavy (non-hydrogen) atoms. The molecular formula is C28H31N5O2. The summed E-state index contributed by atoms with van der Waals surface area (Å²) in [6.07, 6.45) is 5.66. The smallest absolute Gasteiger partial charge is 0.350 e. The molecule has 0 unspecified atom stereocenters. The molecule has 0 amide bonds. The van der Waals surface area contributed by atoms with Crippen molar-refractivity contribution in [3.63, 3.8) is 0 Å². The number of unbranched alkanes of at least 4 members (excludes halogenated alkanes) is 1. The average Bonchev–Trinajstić information content (AvgIpc) is 3.41. The highest BCUT2D eigenvalue weighted by molar-refractivity contribution is 5.76. The van der Waals surface area contributed by atoms with Gasteiger partial charge < -0.3 is 4.74 Å². The molecule has 0 saturated carbocycles. The second kappa shape index (κ2) is 9.06. The summed E-state index contributed by atoms with van der Waals surface area (Å²) in [5, 5.41) is 9.36. The van der Waals surface area contributed by atoms with Gasteiger partial charge in [0.05, 0.1) is 18.8 Å². The van der Waals surface area contributed by atoms with Crippen LogP contribution < -0.4 is 10.4 Å². The lowest BCUT2D eigenvalue weighted by atomic mass is 9.87. The van der Waals surface area contributed by atoms with Crippen molar-refractivity contribution in [3.8, 4) is 17.0 Å². The molecule has 0 spiro atoms. The zero-order valence-electron chi connectivity index (χ0n) is 20.7. The molecule has 7 nitrogen and oxygen atoms in total. The van der Waals surface area contributed by atoms with Crippen LogP contribution in [0.3, 0.4) is 0 Å². The maximum atomic E-state index is 13.0. The summed E-state index contributed by atoms with van der Waals surface area (Å²) in [6, 6.07) is 18.3. The van der Waals surface area contributed by atoms with Crippen LogP contribution >= 0.6 is 0 Å². The van der Waals surface area contributed by atoms with E-state index in [1.807, 2.05) is 30.3 Å². The first-order chi connectivity index (χ1) is 16.8. The third kappa shape index (κ3) is 4.58. The Labute approximate surface area is 204 Å². The molecule has 0 bridgehead atoms. The summed E-state index contributed by atoms with van der Waals surface area (Å²) >= 11 is 0. The van der Waals surface area contributed by atoms with Crippen LogP contribution in [-0.2, 0) is 12.0 Å². The molecule has 180 valence electrons. The Morgan fingerprint density at radius 1 is 0.943 bits per heavy atom. The zero-order valence-corrected chi connectivity index (χ0v) is 20.7. The molecule has 0 atom stereocenters. The van der Waals surface area contributed by atoms with E-state index in [-0.39, 0.29) is 11.1 Å². The molecular weight excluding hydrogens is 438 g/mol. The van der Waals surface area contributed by atoms with Crippen LogP contribution in [0.1, 0.15) is 51.7 Å². The normalized spacial score (nSPS) is 12.0. The van der Waals surface area contributed by atoms with Crippen molar-refractivity contribution in [2.75, 3.05) is 6.61 Å². The first-order valence-electron chi connectivity index (χ1n) is 12.1. The summed E-state index contributed by atoms with van der Waals surface area (Å²) in [6.45, 7) is 9.85. The van der Waals surface area contributed by atoms with Gasteiger partial charge in [0.15, 0.2) is 5.65 Å². The molecule has 0 aliphatic carbocycles. The molecule has 5 rings (SSSR count). The molecule has 3 aromatic heterocycles. The molecule has 0 aliphatic heterocycles. The number of nitrogens with zero attached hydrogens (tertiary/aromatic N) is 5. The minimum Gasteiger partial charge on any atom is -0.494 e. The largest absolute Gasteiger partial charge is 0.494 e. The molecule has 2 aromatic carbocycles. The fourth-order valence-corrected chi connectivity index (χ4v) is 4.12. The second-order valence-corrected chi connectivity index (χ2v) is 9.96. The predicted octanol–water partition coefficient (Wildman–Crippen LogP) is 5.34. The number of rotatable bonds is 7. The Hall–Kier alpha value is -3.87. The number of aromatic nitrogens is 5. The monoisotopic (exact) mass is 469 g/mol. The maximum Gasteiger partial charge on any atom is 0.350 e. The van der Waals surface area contributed by atoms with Gasteiger partial charge in [0.25, 0.3) is 0 Å². The molecule has 5 aromatic rings. The van der Waals surface area contributed by atoms with E-state index >= 15 is 0 Å². The van der Waals surface area contributed by atoms with E-state index in [1.165, 1.54) is 10.2 Å². The van der Waals surface area contributed by atoms with Gasteiger partial charge in [-0.2, -0.15) is 5.10 Å². The summed E-state index contributed by atoms with van der Waals surface area (Å²) in [4.78, 5) is 13.0. The van der Waals surface area contributed by atoms with Gasteiger partial charge in [-0.3, -0.25) is 0 Å². The lowest BCUT2D eigenvalue weighted by Crippen LogP contribution is -2.21. The summed E-state index contributed by atoms with van der Waals surface area (Å²) < 4.78 is 10.6. The number of benzene rings is 2. The van der Waals surface area contributed by atoms with Gasteiger partial charge in [-0.05, 0) is 53.3 Å². The Kier molecular flexibility index (Phi) is 5.93. The van der Waals surface area contributed by atoms with Crippen molar-refractivity contribution >= 4 is 11.2 Å². The topological polar surface area (TPSA) is 65.8 Å². The SMILES string of the molecule is CCCCOc1ccc(-c2cc3c4nn(Cc5ccc(C(C)(C)C)cc5)c(=O)n4ccn3n2)cc1. The lowest BCUT2D eigenvalue weighted by molar-refractivity contribution is 0.309. The fraction of sp³-hybridized carbons (Fsp3) is 0.321. The molecule has 7 heteroatoms. The van der Waals surface area contributed by atoms with Crippen molar-refractivity contribution in [1.82, 2.24) is 23.8 Å². The lowest BCUT2D eigenvalue weighted by Gasteiger charge is -2.19. The molecule has 0 fully saturated rings. The van der Waals surface area contributed by atoms with E-state index in [9.17, 15) is 4.79 Å². The van der Waals surface area contributed by atoms with Gasteiger partial charge in [-0.1, -0.05) is 58.4 Å². The van der Waals surface area contributed by atoms with Gasteiger partial charge in [0.2, 0.25) is 0 Å². The Bertz CT molecular complexity index is 1520. The van der Waals surface area contributed by atoms with Crippen LogP contribution in [0.25, 0.3) is 22.4 Å². The minimum absolute atomic E-state index is 0.0895. The average molecular weight is 470 g/mol. The van der Waals surface area contributed by atoms with Gasteiger partial charge in [-0.15, -0.1) is 5.10 Å². The summed E-state index contributed by atoms with van der Waals surface area (Å²) in [7, 11) is 0. The van der Waals surface area contributed by atoms with Crippen molar-refractivity contribution in [3.05, 3.63) is 88.6 Å². The first-order valence-corrected chi connectivity index (χ1v) is 12.1. The van der Waals surface area contributed by atoms with E-state index < -0.39 is 0 Å². The predicted molar refractivity (Wildman–Crippen MR) is 138 cm³/mol. The van der Waals surface area contributed by atoms with Gasteiger partial charge >= 0.3 is 5.69 Å². The van der Waals surface area contributed by atoms with Crippen LogP contribution in [0, 0.1) is 0 Å². The molecule has 0 N–H and O–H groups in total. The molecule has 0 aliphatic rings. The Morgan fingerprint density at radius 3 is 2.37 bits per heavy atom. The van der Waals surface area contributed by atoms with E-state index in [1.54, 1.807) is 21.3 Å². The molecule has 0 radical (unpaired) electrons. The molecule has 3 heterocycles. The van der Waals surface area contributed by atoms with E-state index in [0.717, 1.165) is 47.5 Å². The quantitative estimate of drug-likeness (QED) is 0.302. The van der Waals surface area contributed by atoms with E-state index in [2.05, 4.69) is 57.1 Å².